The normalized spacial score (nSPS) is 14.0. The Labute approximate surface area is 114 Å². The highest BCUT2D eigenvalue weighted by Gasteiger charge is 2.26. The fourth-order valence-electron chi connectivity index (χ4n) is 1.65. The minimum Gasteiger partial charge on any atom is -0.480 e. The lowest BCUT2D eigenvalue weighted by Gasteiger charge is -2.20. The van der Waals surface area contributed by atoms with Crippen LogP contribution in [0.5, 0.6) is 0 Å². The van der Waals surface area contributed by atoms with Gasteiger partial charge >= 0.3 is 5.97 Å². The van der Waals surface area contributed by atoms with E-state index in [9.17, 15) is 9.59 Å². The van der Waals surface area contributed by atoms with E-state index in [1.165, 1.54) is 0 Å². The zero-order valence-electron chi connectivity index (χ0n) is 10.6. The highest BCUT2D eigenvalue weighted by Crippen LogP contribution is 2.15. The molecule has 100 valence electrons. The van der Waals surface area contributed by atoms with Crippen LogP contribution in [-0.4, -0.2) is 27.6 Å². The summed E-state index contributed by atoms with van der Waals surface area (Å²) >= 11 is 3.27. The van der Waals surface area contributed by atoms with Crippen LogP contribution >= 0.6 is 15.9 Å². The summed E-state index contributed by atoms with van der Waals surface area (Å²) in [6.45, 7) is 3.70. The maximum Gasteiger partial charge on any atom is 0.326 e. The maximum atomic E-state index is 12.0. The van der Waals surface area contributed by atoms with Crippen LogP contribution in [0.2, 0.25) is 0 Å². The summed E-state index contributed by atoms with van der Waals surface area (Å²) in [7, 11) is 1.73. The number of nitrogens with one attached hydrogen (secondary N) is 1. The van der Waals surface area contributed by atoms with Gasteiger partial charge in [0.1, 0.15) is 11.7 Å². The van der Waals surface area contributed by atoms with Gasteiger partial charge in [0.05, 0.1) is 0 Å². The predicted molar refractivity (Wildman–Crippen MR) is 71.5 cm³/mol. The lowest BCUT2D eigenvalue weighted by molar-refractivity contribution is -0.140. The second-order valence-electron chi connectivity index (χ2n) is 4.33. The third kappa shape index (κ3) is 3.35. The van der Waals surface area contributed by atoms with Crippen LogP contribution in [0.4, 0.5) is 0 Å². The van der Waals surface area contributed by atoms with Gasteiger partial charge in [0, 0.05) is 17.7 Å². The molecule has 2 atom stereocenters. The van der Waals surface area contributed by atoms with Crippen LogP contribution in [0.15, 0.2) is 16.7 Å². The zero-order valence-corrected chi connectivity index (χ0v) is 12.2. The Balaban J connectivity index is 2.85. The highest BCUT2D eigenvalue weighted by atomic mass is 79.9. The van der Waals surface area contributed by atoms with Crippen molar-refractivity contribution in [1.29, 1.82) is 0 Å². The summed E-state index contributed by atoms with van der Waals surface area (Å²) in [6, 6.07) is 0.793. The molecule has 0 aliphatic carbocycles. The average Bonchev–Trinajstić information content (AvgIpc) is 2.63. The number of aryl methyl sites for hydroxylation is 1. The van der Waals surface area contributed by atoms with Crippen molar-refractivity contribution >= 4 is 27.8 Å². The smallest absolute Gasteiger partial charge is 0.326 e. The first kappa shape index (κ1) is 14.8. The van der Waals surface area contributed by atoms with Gasteiger partial charge in [0.15, 0.2) is 0 Å². The van der Waals surface area contributed by atoms with Crippen molar-refractivity contribution in [3.05, 3.63) is 22.4 Å². The summed E-state index contributed by atoms with van der Waals surface area (Å²) in [4.78, 5) is 23.1. The molecular formula is C12H17BrN2O3. The molecule has 0 saturated heterocycles. The number of carboxylic acids is 1. The van der Waals surface area contributed by atoms with Gasteiger partial charge < -0.3 is 15.0 Å². The van der Waals surface area contributed by atoms with E-state index in [0.29, 0.717) is 12.1 Å². The molecule has 5 nitrogen and oxygen atoms in total. The Morgan fingerprint density at radius 2 is 2.17 bits per heavy atom. The molecule has 0 radical (unpaired) electrons. The molecule has 0 saturated carbocycles. The predicted octanol–water partition coefficient (Wildman–Crippen LogP) is 2.02. The topological polar surface area (TPSA) is 71.3 Å². The van der Waals surface area contributed by atoms with Crippen molar-refractivity contribution in [2.24, 2.45) is 13.0 Å². The second kappa shape index (κ2) is 6.04. The lowest BCUT2D eigenvalue weighted by atomic mass is 9.99. The van der Waals surface area contributed by atoms with Crippen molar-refractivity contribution in [1.82, 2.24) is 9.88 Å². The molecule has 1 aromatic rings. The SMILES string of the molecule is CC[C@H](C)[C@H](NC(=O)c1cc(Br)cn1C)C(=O)O. The summed E-state index contributed by atoms with van der Waals surface area (Å²) in [5.41, 5.74) is 0.427. The third-order valence-corrected chi connectivity index (χ3v) is 3.40. The molecule has 18 heavy (non-hydrogen) atoms. The number of aliphatic carboxylic acids is 1. The van der Waals surface area contributed by atoms with Crippen LogP contribution in [0.1, 0.15) is 30.8 Å². The van der Waals surface area contributed by atoms with Crippen LogP contribution in [0.25, 0.3) is 0 Å². The van der Waals surface area contributed by atoms with E-state index in [0.717, 1.165) is 4.47 Å². The molecule has 2 N–H and O–H groups in total. The molecule has 0 aliphatic rings. The molecule has 0 bridgehead atoms. The number of amides is 1. The van der Waals surface area contributed by atoms with Crippen molar-refractivity contribution in [3.63, 3.8) is 0 Å². The number of carbonyl (C=O) groups is 2. The lowest BCUT2D eigenvalue weighted by Crippen LogP contribution is -2.45. The molecule has 0 spiro atoms. The third-order valence-electron chi connectivity index (χ3n) is 2.97. The van der Waals surface area contributed by atoms with E-state index < -0.39 is 12.0 Å². The van der Waals surface area contributed by atoms with E-state index >= 15 is 0 Å². The van der Waals surface area contributed by atoms with E-state index in [4.69, 9.17) is 5.11 Å². The Hall–Kier alpha value is -1.30. The zero-order chi connectivity index (χ0) is 13.9. The minimum absolute atomic E-state index is 0.116. The molecular weight excluding hydrogens is 300 g/mol. The number of nitrogens with zero attached hydrogens (tertiary/aromatic N) is 1. The van der Waals surface area contributed by atoms with Crippen molar-refractivity contribution in [2.45, 2.75) is 26.3 Å². The molecule has 1 aromatic heterocycles. The monoisotopic (exact) mass is 316 g/mol. The van der Waals surface area contributed by atoms with Crippen molar-refractivity contribution < 1.29 is 14.7 Å². The molecule has 1 amide bonds. The van der Waals surface area contributed by atoms with Gasteiger partial charge in [0.25, 0.3) is 5.91 Å². The largest absolute Gasteiger partial charge is 0.480 e. The number of hydrogen-bond acceptors (Lipinski definition) is 2. The summed E-state index contributed by atoms with van der Waals surface area (Å²) in [6.07, 6.45) is 2.43. The van der Waals surface area contributed by atoms with E-state index in [-0.39, 0.29) is 11.8 Å². The summed E-state index contributed by atoms with van der Waals surface area (Å²) < 4.78 is 2.43. The number of rotatable bonds is 5. The molecule has 0 unspecified atom stereocenters. The number of halogens is 1. The van der Waals surface area contributed by atoms with Gasteiger partial charge in [-0.05, 0) is 27.9 Å². The quantitative estimate of drug-likeness (QED) is 0.873. The van der Waals surface area contributed by atoms with Gasteiger partial charge in [-0.3, -0.25) is 4.79 Å². The Morgan fingerprint density at radius 3 is 2.56 bits per heavy atom. The fourth-order valence-corrected chi connectivity index (χ4v) is 2.17. The highest BCUT2D eigenvalue weighted by molar-refractivity contribution is 9.10. The second-order valence-corrected chi connectivity index (χ2v) is 5.25. The van der Waals surface area contributed by atoms with E-state index in [1.807, 2.05) is 6.92 Å². The molecule has 0 aliphatic heterocycles. The molecule has 0 aromatic carbocycles. The van der Waals surface area contributed by atoms with Gasteiger partial charge in [-0.15, -0.1) is 0 Å². The standard InChI is InChI=1S/C12H17BrN2O3/c1-4-7(2)10(12(17)18)14-11(16)9-5-8(13)6-15(9)3/h5-7,10H,4H2,1-3H3,(H,14,16)(H,17,18)/t7-,10-/m0/s1. The molecule has 1 heterocycles. The first-order valence-electron chi connectivity index (χ1n) is 5.72. The van der Waals surface area contributed by atoms with Crippen LogP contribution in [0.3, 0.4) is 0 Å². The number of carboxylic acid groups (broad SMARTS) is 1. The van der Waals surface area contributed by atoms with E-state index in [1.54, 1.807) is 30.8 Å². The van der Waals surface area contributed by atoms with Gasteiger partial charge in [0.2, 0.25) is 0 Å². The molecule has 0 fully saturated rings. The van der Waals surface area contributed by atoms with Gasteiger partial charge in [-0.2, -0.15) is 0 Å². The fraction of sp³-hybridized carbons (Fsp3) is 0.500. The first-order chi connectivity index (χ1) is 8.36. The summed E-state index contributed by atoms with van der Waals surface area (Å²) in [5.74, 6) is -1.50. The Morgan fingerprint density at radius 1 is 1.56 bits per heavy atom. The van der Waals surface area contributed by atoms with Crippen molar-refractivity contribution in [3.8, 4) is 0 Å². The average molecular weight is 317 g/mol. The molecule has 6 heteroatoms. The Bertz CT molecular complexity index is 456. The number of carbonyl (C=O) groups excluding carboxylic acids is 1. The van der Waals surface area contributed by atoms with Crippen LogP contribution < -0.4 is 5.32 Å². The van der Waals surface area contributed by atoms with E-state index in [2.05, 4.69) is 21.2 Å². The van der Waals surface area contributed by atoms with Crippen molar-refractivity contribution in [2.75, 3.05) is 0 Å². The summed E-state index contributed by atoms with van der Waals surface area (Å²) in [5, 5.41) is 11.7. The Kier molecular flexibility index (Phi) is 4.95. The maximum absolute atomic E-state index is 12.0. The van der Waals surface area contributed by atoms with Crippen LogP contribution in [0, 0.1) is 5.92 Å². The first-order valence-corrected chi connectivity index (χ1v) is 6.51. The van der Waals surface area contributed by atoms with Gasteiger partial charge in [-0.1, -0.05) is 20.3 Å². The minimum atomic E-state index is -1.01. The number of aromatic nitrogens is 1. The number of hydrogen-bond donors (Lipinski definition) is 2. The van der Waals surface area contributed by atoms with Gasteiger partial charge in [-0.25, -0.2) is 4.79 Å². The molecule has 1 rings (SSSR count). The van der Waals surface area contributed by atoms with Crippen LogP contribution in [-0.2, 0) is 11.8 Å².